The molecular weight excluding hydrogens is 614 g/mol. The number of aromatic nitrogens is 2. The van der Waals surface area contributed by atoms with Crippen molar-refractivity contribution in [3.63, 3.8) is 0 Å². The van der Waals surface area contributed by atoms with E-state index in [4.69, 9.17) is 18.9 Å². The Hall–Kier alpha value is -5.33. The van der Waals surface area contributed by atoms with E-state index in [1.807, 2.05) is 78.9 Å². The molecule has 11 heteroatoms. The van der Waals surface area contributed by atoms with Gasteiger partial charge in [-0.2, -0.15) is 4.98 Å². The summed E-state index contributed by atoms with van der Waals surface area (Å²) in [6, 6.07) is 34.5. The van der Waals surface area contributed by atoms with E-state index in [1.54, 1.807) is 44.6 Å². The zero-order valence-electron chi connectivity index (χ0n) is 26.3. The van der Waals surface area contributed by atoms with Crippen molar-refractivity contribution in [1.29, 1.82) is 0 Å². The molecule has 3 N–H and O–H groups in total. The van der Waals surface area contributed by atoms with Crippen molar-refractivity contribution in [2.45, 2.75) is 30.1 Å². The van der Waals surface area contributed by atoms with Crippen LogP contribution in [0.3, 0.4) is 0 Å². The van der Waals surface area contributed by atoms with E-state index in [1.165, 1.54) is 12.3 Å². The van der Waals surface area contributed by atoms with E-state index in [9.17, 15) is 19.8 Å². The number of ether oxygens (including phenoxy) is 4. The van der Waals surface area contributed by atoms with Gasteiger partial charge < -0.3 is 34.5 Å². The van der Waals surface area contributed by atoms with Crippen molar-refractivity contribution < 1.29 is 34.0 Å². The number of aliphatic hydroxyl groups is 2. The molecule has 0 saturated carbocycles. The molecule has 246 valence electrons. The van der Waals surface area contributed by atoms with E-state index >= 15 is 0 Å². The lowest BCUT2D eigenvalue weighted by molar-refractivity contribution is -0.0958. The number of carbonyl (C=O) groups excluding carboxylic acids is 1. The zero-order chi connectivity index (χ0) is 33.7. The molecular formula is C37H35N3O8. The summed E-state index contributed by atoms with van der Waals surface area (Å²) in [7, 11) is 3.18. The van der Waals surface area contributed by atoms with Crippen molar-refractivity contribution in [2.75, 3.05) is 26.1 Å². The Morgan fingerprint density at radius 2 is 1.33 bits per heavy atom. The molecule has 5 aromatic rings. The predicted octanol–water partition coefficient (Wildman–Crippen LogP) is 4.14. The van der Waals surface area contributed by atoms with Gasteiger partial charge in [0.2, 0.25) is 0 Å². The zero-order valence-corrected chi connectivity index (χ0v) is 26.3. The van der Waals surface area contributed by atoms with Gasteiger partial charge in [0.15, 0.2) is 6.23 Å². The number of amides is 1. The van der Waals surface area contributed by atoms with Crippen LogP contribution < -0.4 is 20.5 Å². The molecule has 1 aromatic heterocycles. The second-order valence-electron chi connectivity index (χ2n) is 11.2. The third-order valence-corrected chi connectivity index (χ3v) is 8.36. The van der Waals surface area contributed by atoms with E-state index in [-0.39, 0.29) is 12.4 Å². The first-order chi connectivity index (χ1) is 23.3. The summed E-state index contributed by atoms with van der Waals surface area (Å²) >= 11 is 0. The number of hydrogen-bond donors (Lipinski definition) is 3. The first-order valence-electron chi connectivity index (χ1n) is 15.3. The highest BCUT2D eigenvalue weighted by atomic mass is 16.6. The van der Waals surface area contributed by atoms with E-state index < -0.39 is 41.7 Å². The predicted molar refractivity (Wildman–Crippen MR) is 177 cm³/mol. The van der Waals surface area contributed by atoms with Gasteiger partial charge in [0.1, 0.15) is 41.2 Å². The van der Waals surface area contributed by atoms with Crippen LogP contribution in [-0.4, -0.2) is 64.8 Å². The number of anilines is 1. The van der Waals surface area contributed by atoms with Crippen LogP contribution in [0.2, 0.25) is 0 Å². The van der Waals surface area contributed by atoms with Gasteiger partial charge in [-0.1, -0.05) is 72.8 Å². The molecule has 4 aromatic carbocycles. The first kappa shape index (κ1) is 32.6. The Bertz CT molecular complexity index is 1840. The molecule has 0 radical (unpaired) electrons. The molecule has 4 atom stereocenters. The molecule has 0 spiro atoms. The van der Waals surface area contributed by atoms with Gasteiger partial charge in [-0.25, -0.2) is 4.79 Å². The monoisotopic (exact) mass is 649 g/mol. The average Bonchev–Trinajstić information content (AvgIpc) is 3.42. The van der Waals surface area contributed by atoms with Crippen LogP contribution in [0.15, 0.2) is 126 Å². The van der Waals surface area contributed by atoms with Crippen LogP contribution in [0, 0.1) is 0 Å². The van der Waals surface area contributed by atoms with Gasteiger partial charge in [-0.15, -0.1) is 0 Å². The minimum absolute atomic E-state index is 0.0321. The number of nitrogens with zero attached hydrogens (tertiary/aromatic N) is 2. The molecule has 1 fully saturated rings. The summed E-state index contributed by atoms with van der Waals surface area (Å²) in [5.74, 6) is 0.937. The molecule has 1 amide bonds. The summed E-state index contributed by atoms with van der Waals surface area (Å²) in [6.45, 7) is -0.172. The lowest BCUT2D eigenvalue weighted by atomic mass is 9.80. The number of rotatable bonds is 11. The minimum Gasteiger partial charge on any atom is -0.497 e. The van der Waals surface area contributed by atoms with Gasteiger partial charge in [0.25, 0.3) is 5.91 Å². The Balaban J connectivity index is 1.29. The summed E-state index contributed by atoms with van der Waals surface area (Å²) in [5, 5.41) is 24.8. The van der Waals surface area contributed by atoms with E-state index in [0.717, 1.165) is 21.3 Å². The second-order valence-corrected chi connectivity index (χ2v) is 11.2. The molecule has 6 rings (SSSR count). The van der Waals surface area contributed by atoms with E-state index in [0.29, 0.717) is 17.1 Å². The summed E-state index contributed by atoms with van der Waals surface area (Å²) in [6.07, 6.45) is -3.83. The van der Waals surface area contributed by atoms with Crippen molar-refractivity contribution in [3.05, 3.63) is 154 Å². The van der Waals surface area contributed by atoms with Gasteiger partial charge in [0.05, 0.1) is 20.8 Å². The lowest BCUT2D eigenvalue weighted by Crippen LogP contribution is -2.39. The number of nitrogens with one attached hydrogen (secondary N) is 1. The topological polar surface area (TPSA) is 141 Å². The molecule has 1 aliphatic heterocycles. The maximum Gasteiger partial charge on any atom is 0.351 e. The third kappa shape index (κ3) is 6.44. The van der Waals surface area contributed by atoms with Crippen molar-refractivity contribution in [3.8, 4) is 11.5 Å². The number of carbonyl (C=O) groups is 1. The van der Waals surface area contributed by atoms with Crippen LogP contribution in [0.1, 0.15) is 33.3 Å². The molecule has 4 unspecified atom stereocenters. The van der Waals surface area contributed by atoms with Gasteiger partial charge >= 0.3 is 5.69 Å². The Labute approximate surface area is 277 Å². The number of hydrogen-bond acceptors (Lipinski definition) is 9. The molecule has 0 aliphatic carbocycles. The third-order valence-electron chi connectivity index (χ3n) is 8.36. The Kier molecular flexibility index (Phi) is 9.65. The molecule has 48 heavy (non-hydrogen) atoms. The SMILES string of the molecule is COc1ccc(C(OCC2OC(n3ccc(NC(=O)c4ccccc4)nc3=O)C(O)C2O)(c2ccccc2)c2ccc(OC)cc2)cc1. The highest BCUT2D eigenvalue weighted by Gasteiger charge is 2.46. The quantitative estimate of drug-likeness (QED) is 0.180. The fraction of sp³-hybridized carbons (Fsp3) is 0.216. The average molecular weight is 650 g/mol. The van der Waals surface area contributed by atoms with Crippen molar-refractivity contribution >= 4 is 11.7 Å². The highest BCUT2D eigenvalue weighted by Crippen LogP contribution is 2.42. The second kappa shape index (κ2) is 14.2. The largest absolute Gasteiger partial charge is 0.497 e. The molecule has 2 heterocycles. The van der Waals surface area contributed by atoms with Crippen molar-refractivity contribution in [1.82, 2.24) is 9.55 Å². The lowest BCUT2D eigenvalue weighted by Gasteiger charge is -2.37. The minimum atomic E-state index is -1.48. The highest BCUT2D eigenvalue weighted by molar-refractivity contribution is 6.03. The number of methoxy groups -OCH3 is 2. The normalized spacial score (nSPS) is 19.1. The van der Waals surface area contributed by atoms with Gasteiger partial charge in [-0.3, -0.25) is 9.36 Å². The number of benzene rings is 4. The maximum atomic E-state index is 13.1. The first-order valence-corrected chi connectivity index (χ1v) is 15.3. The van der Waals surface area contributed by atoms with Crippen LogP contribution >= 0.6 is 0 Å². The van der Waals surface area contributed by atoms with Crippen LogP contribution in [0.25, 0.3) is 0 Å². The fourth-order valence-corrected chi connectivity index (χ4v) is 5.83. The summed E-state index contributed by atoms with van der Waals surface area (Å²) < 4.78 is 24.8. The smallest absolute Gasteiger partial charge is 0.351 e. The molecule has 1 saturated heterocycles. The Morgan fingerprint density at radius 1 is 0.792 bits per heavy atom. The molecule has 1 aliphatic rings. The molecule has 11 nitrogen and oxygen atoms in total. The van der Waals surface area contributed by atoms with Crippen LogP contribution in [-0.2, 0) is 15.1 Å². The Morgan fingerprint density at radius 3 is 1.88 bits per heavy atom. The summed E-state index contributed by atoms with van der Waals surface area (Å²) in [4.78, 5) is 29.6. The van der Waals surface area contributed by atoms with Crippen LogP contribution in [0.4, 0.5) is 5.82 Å². The van der Waals surface area contributed by atoms with Gasteiger partial charge in [0, 0.05) is 11.8 Å². The molecule has 0 bridgehead atoms. The standard InChI is InChI=1S/C37H35N3O8/c1-45-28-17-13-26(14-18-28)37(25-11-7-4-8-12-25,27-15-19-29(46-2)20-16-27)47-23-30-32(41)33(42)35(48-30)40-22-21-31(39-36(40)44)38-34(43)24-9-5-3-6-10-24/h3-22,30,32-33,35,41-42H,23H2,1-2H3,(H,38,39,43,44). The summed E-state index contributed by atoms with van der Waals surface area (Å²) in [5.41, 5.74) is 0.783. The van der Waals surface area contributed by atoms with Crippen LogP contribution in [0.5, 0.6) is 11.5 Å². The van der Waals surface area contributed by atoms with Crippen molar-refractivity contribution in [2.24, 2.45) is 0 Å². The fourth-order valence-electron chi connectivity index (χ4n) is 5.83. The maximum absolute atomic E-state index is 13.1. The van der Waals surface area contributed by atoms with E-state index in [2.05, 4.69) is 10.3 Å². The van der Waals surface area contributed by atoms with Gasteiger partial charge in [-0.05, 0) is 59.2 Å². The number of aliphatic hydroxyl groups excluding tert-OH is 2.